The van der Waals surface area contributed by atoms with Gasteiger partial charge in [0, 0.05) is 12.3 Å². The molecular formula is C11H18O2. The quantitative estimate of drug-likeness (QED) is 0.656. The monoisotopic (exact) mass is 182 g/mol. The lowest BCUT2D eigenvalue weighted by Gasteiger charge is -2.25. The van der Waals surface area contributed by atoms with E-state index in [4.69, 9.17) is 4.74 Å². The van der Waals surface area contributed by atoms with Gasteiger partial charge in [0.2, 0.25) is 0 Å². The van der Waals surface area contributed by atoms with Crippen LogP contribution >= 0.6 is 0 Å². The molecule has 0 aromatic rings. The van der Waals surface area contributed by atoms with Crippen LogP contribution in [0.1, 0.15) is 34.1 Å². The van der Waals surface area contributed by atoms with Crippen LogP contribution in [0.2, 0.25) is 0 Å². The molecule has 2 heteroatoms. The van der Waals surface area contributed by atoms with Crippen molar-refractivity contribution in [1.29, 1.82) is 0 Å². The van der Waals surface area contributed by atoms with Crippen LogP contribution in [0.5, 0.6) is 0 Å². The van der Waals surface area contributed by atoms with Gasteiger partial charge in [-0.3, -0.25) is 4.79 Å². The second-order valence-electron chi connectivity index (χ2n) is 4.66. The van der Waals surface area contributed by atoms with E-state index >= 15 is 0 Å². The fourth-order valence-corrected chi connectivity index (χ4v) is 1.20. The molecule has 1 heterocycles. The van der Waals surface area contributed by atoms with Gasteiger partial charge in [-0.1, -0.05) is 27.7 Å². The van der Waals surface area contributed by atoms with Gasteiger partial charge < -0.3 is 4.74 Å². The van der Waals surface area contributed by atoms with Gasteiger partial charge in [-0.05, 0) is 11.5 Å². The van der Waals surface area contributed by atoms with Gasteiger partial charge in [0.15, 0.2) is 11.5 Å². The SMILES string of the molecule is CC(C(=O)C1=CCCO1)C(C)(C)C. The van der Waals surface area contributed by atoms with E-state index in [1.165, 1.54) is 0 Å². The lowest BCUT2D eigenvalue weighted by atomic mass is 9.79. The van der Waals surface area contributed by atoms with E-state index in [2.05, 4.69) is 20.8 Å². The van der Waals surface area contributed by atoms with Gasteiger partial charge in [-0.2, -0.15) is 0 Å². The van der Waals surface area contributed by atoms with Gasteiger partial charge in [-0.15, -0.1) is 0 Å². The highest BCUT2D eigenvalue weighted by molar-refractivity contribution is 5.95. The Kier molecular flexibility index (Phi) is 2.79. The number of ketones is 1. The molecule has 1 unspecified atom stereocenters. The standard InChI is InChI=1S/C11H18O2/c1-8(11(2,3)4)10(12)9-6-5-7-13-9/h6,8H,5,7H2,1-4H3. The molecule has 0 aliphatic carbocycles. The molecule has 0 aromatic carbocycles. The fraction of sp³-hybridized carbons (Fsp3) is 0.727. The molecule has 2 nitrogen and oxygen atoms in total. The number of hydrogen-bond donors (Lipinski definition) is 0. The Bertz CT molecular complexity index is 233. The van der Waals surface area contributed by atoms with E-state index < -0.39 is 0 Å². The maximum atomic E-state index is 11.8. The van der Waals surface area contributed by atoms with E-state index in [0.29, 0.717) is 12.4 Å². The lowest BCUT2D eigenvalue weighted by molar-refractivity contribution is -0.124. The predicted molar refractivity (Wildman–Crippen MR) is 52.3 cm³/mol. The fourth-order valence-electron chi connectivity index (χ4n) is 1.20. The zero-order valence-electron chi connectivity index (χ0n) is 8.89. The molecule has 0 bridgehead atoms. The van der Waals surface area contributed by atoms with E-state index in [0.717, 1.165) is 6.42 Å². The Hall–Kier alpha value is -0.790. The molecule has 0 spiro atoms. The molecule has 0 fully saturated rings. The Balaban J connectivity index is 2.67. The second kappa shape index (κ2) is 3.52. The average molecular weight is 182 g/mol. The van der Waals surface area contributed by atoms with Crippen LogP contribution in [0, 0.1) is 11.3 Å². The van der Waals surface area contributed by atoms with Gasteiger partial charge in [0.1, 0.15) is 0 Å². The molecule has 0 amide bonds. The van der Waals surface area contributed by atoms with Crippen molar-refractivity contribution in [3.63, 3.8) is 0 Å². The summed E-state index contributed by atoms with van der Waals surface area (Å²) in [6.07, 6.45) is 2.77. The van der Waals surface area contributed by atoms with E-state index in [1.807, 2.05) is 13.0 Å². The number of Topliss-reactive ketones (excluding diaryl/α,β-unsaturated/α-hetero) is 1. The number of rotatable bonds is 2. The first-order valence-electron chi connectivity index (χ1n) is 4.80. The summed E-state index contributed by atoms with van der Waals surface area (Å²) >= 11 is 0. The summed E-state index contributed by atoms with van der Waals surface area (Å²) in [4.78, 5) is 11.8. The molecule has 0 saturated carbocycles. The highest BCUT2D eigenvalue weighted by Gasteiger charge is 2.30. The molecular weight excluding hydrogens is 164 g/mol. The van der Waals surface area contributed by atoms with Crippen LogP contribution in [-0.4, -0.2) is 12.4 Å². The summed E-state index contributed by atoms with van der Waals surface area (Å²) in [5.41, 5.74) is 0.0177. The third kappa shape index (κ3) is 2.33. The van der Waals surface area contributed by atoms with E-state index in [9.17, 15) is 4.79 Å². The van der Waals surface area contributed by atoms with Crippen LogP contribution in [0.4, 0.5) is 0 Å². The summed E-state index contributed by atoms with van der Waals surface area (Å²) in [5.74, 6) is 0.740. The summed E-state index contributed by atoms with van der Waals surface area (Å²) in [6.45, 7) is 8.85. The second-order valence-corrected chi connectivity index (χ2v) is 4.66. The Morgan fingerprint density at radius 2 is 2.15 bits per heavy atom. The molecule has 1 atom stereocenters. The van der Waals surface area contributed by atoms with Crippen molar-refractivity contribution in [2.24, 2.45) is 11.3 Å². The summed E-state index contributed by atoms with van der Waals surface area (Å²) in [7, 11) is 0. The summed E-state index contributed by atoms with van der Waals surface area (Å²) < 4.78 is 5.24. The van der Waals surface area contributed by atoms with Gasteiger partial charge in [0.05, 0.1) is 6.61 Å². The zero-order chi connectivity index (χ0) is 10.1. The first-order chi connectivity index (χ1) is 5.93. The number of ether oxygens (including phenoxy) is 1. The van der Waals surface area contributed by atoms with Gasteiger partial charge in [-0.25, -0.2) is 0 Å². The highest BCUT2D eigenvalue weighted by atomic mass is 16.5. The number of hydrogen-bond acceptors (Lipinski definition) is 2. The van der Waals surface area contributed by atoms with Crippen molar-refractivity contribution in [2.45, 2.75) is 34.1 Å². The topological polar surface area (TPSA) is 26.3 Å². The van der Waals surface area contributed by atoms with Crippen LogP contribution in [0.3, 0.4) is 0 Å². The van der Waals surface area contributed by atoms with Crippen LogP contribution in [0.25, 0.3) is 0 Å². The van der Waals surface area contributed by atoms with Crippen molar-refractivity contribution in [2.75, 3.05) is 6.61 Å². The van der Waals surface area contributed by atoms with E-state index in [-0.39, 0.29) is 17.1 Å². The minimum absolute atomic E-state index is 0.0177. The average Bonchev–Trinajstić information content (AvgIpc) is 2.51. The first-order valence-corrected chi connectivity index (χ1v) is 4.80. The minimum Gasteiger partial charge on any atom is -0.490 e. The van der Waals surface area contributed by atoms with Crippen molar-refractivity contribution in [3.05, 3.63) is 11.8 Å². The summed E-state index contributed by atoms with van der Waals surface area (Å²) in [5, 5.41) is 0. The molecule has 0 aromatic heterocycles. The van der Waals surface area contributed by atoms with Gasteiger partial charge >= 0.3 is 0 Å². The Labute approximate surface area is 80.0 Å². The third-order valence-corrected chi connectivity index (χ3v) is 2.64. The number of carbonyl (C=O) groups is 1. The Morgan fingerprint density at radius 3 is 2.54 bits per heavy atom. The minimum atomic E-state index is 0.0177. The molecule has 0 N–H and O–H groups in total. The van der Waals surface area contributed by atoms with Crippen molar-refractivity contribution < 1.29 is 9.53 Å². The summed E-state index contributed by atoms with van der Waals surface area (Å²) in [6, 6.07) is 0. The number of carbonyl (C=O) groups excluding carboxylic acids is 1. The number of allylic oxidation sites excluding steroid dienone is 1. The Morgan fingerprint density at radius 1 is 1.54 bits per heavy atom. The van der Waals surface area contributed by atoms with Crippen LogP contribution in [0.15, 0.2) is 11.8 Å². The van der Waals surface area contributed by atoms with Gasteiger partial charge in [0.25, 0.3) is 0 Å². The maximum absolute atomic E-state index is 11.8. The molecule has 0 radical (unpaired) electrons. The smallest absolute Gasteiger partial charge is 0.200 e. The molecule has 1 aliphatic heterocycles. The zero-order valence-corrected chi connectivity index (χ0v) is 8.89. The lowest BCUT2D eigenvalue weighted by Crippen LogP contribution is -2.27. The van der Waals surface area contributed by atoms with Crippen molar-refractivity contribution in [3.8, 4) is 0 Å². The first kappa shape index (κ1) is 10.3. The molecule has 13 heavy (non-hydrogen) atoms. The molecule has 1 rings (SSSR count). The highest BCUT2D eigenvalue weighted by Crippen LogP contribution is 2.29. The van der Waals surface area contributed by atoms with Crippen molar-refractivity contribution in [1.82, 2.24) is 0 Å². The predicted octanol–water partition coefficient (Wildman–Crippen LogP) is 2.54. The molecule has 0 saturated heterocycles. The normalized spacial score (nSPS) is 19.2. The third-order valence-electron chi connectivity index (χ3n) is 2.64. The molecule has 1 aliphatic rings. The van der Waals surface area contributed by atoms with Crippen LogP contribution < -0.4 is 0 Å². The molecule has 74 valence electrons. The maximum Gasteiger partial charge on any atom is 0.200 e. The largest absolute Gasteiger partial charge is 0.490 e. The van der Waals surface area contributed by atoms with Crippen molar-refractivity contribution >= 4 is 5.78 Å². The van der Waals surface area contributed by atoms with Crippen LogP contribution in [-0.2, 0) is 9.53 Å². The van der Waals surface area contributed by atoms with E-state index in [1.54, 1.807) is 0 Å².